The van der Waals surface area contributed by atoms with E-state index in [1.54, 1.807) is 12.1 Å². The van der Waals surface area contributed by atoms with Crippen molar-refractivity contribution in [3.05, 3.63) is 34.6 Å². The average molecular weight is 286 g/mol. The van der Waals surface area contributed by atoms with Crippen molar-refractivity contribution in [1.82, 2.24) is 4.90 Å². The zero-order chi connectivity index (χ0) is 14.0. The second-order valence-corrected chi connectivity index (χ2v) is 4.93. The number of amides is 1. The molecule has 102 valence electrons. The fourth-order valence-corrected chi connectivity index (χ4v) is 2.47. The molecule has 1 N–H and O–H groups in total. The second-order valence-electron chi connectivity index (χ2n) is 4.52. The third-order valence-corrected chi connectivity index (χ3v) is 3.53. The van der Waals surface area contributed by atoms with Crippen LogP contribution >= 0.6 is 11.6 Å². The molecule has 1 fully saturated rings. The molecule has 0 aromatic heterocycles. The van der Waals surface area contributed by atoms with Gasteiger partial charge in [-0.1, -0.05) is 23.7 Å². The molecular weight excluding hydrogens is 273 g/mol. The van der Waals surface area contributed by atoms with Crippen molar-refractivity contribution in [2.45, 2.75) is 31.8 Å². The van der Waals surface area contributed by atoms with Gasteiger partial charge < -0.3 is 10.0 Å². The molecule has 1 atom stereocenters. The van der Waals surface area contributed by atoms with Gasteiger partial charge in [-0.15, -0.1) is 0 Å². The van der Waals surface area contributed by atoms with E-state index in [9.17, 15) is 14.0 Å². The summed E-state index contributed by atoms with van der Waals surface area (Å²) in [4.78, 5) is 23.9. The van der Waals surface area contributed by atoms with Crippen LogP contribution in [0.15, 0.2) is 18.2 Å². The Morgan fingerprint density at radius 2 is 2.26 bits per heavy atom. The summed E-state index contributed by atoms with van der Waals surface area (Å²) in [5, 5.41) is 8.81. The van der Waals surface area contributed by atoms with Crippen LogP contribution in [0.2, 0.25) is 5.02 Å². The largest absolute Gasteiger partial charge is 0.481 e. The summed E-state index contributed by atoms with van der Waals surface area (Å²) in [6.07, 6.45) is 0.682. The molecule has 1 saturated heterocycles. The van der Waals surface area contributed by atoms with Gasteiger partial charge in [0, 0.05) is 24.6 Å². The average Bonchev–Trinajstić information content (AvgIpc) is 2.67. The molecular formula is C13H13ClFNO3. The summed E-state index contributed by atoms with van der Waals surface area (Å²) >= 11 is 5.68. The molecule has 1 heterocycles. The zero-order valence-corrected chi connectivity index (χ0v) is 10.9. The standard InChI is InChI=1S/C13H13ClFNO3/c14-10-3-1-2-8(13(10)15)7-16-9(6-12(18)19)4-5-11(16)17/h1-3,9H,4-7H2,(H,18,19). The third-order valence-electron chi connectivity index (χ3n) is 3.24. The van der Waals surface area contributed by atoms with Crippen molar-refractivity contribution < 1.29 is 19.1 Å². The maximum Gasteiger partial charge on any atom is 0.305 e. The van der Waals surface area contributed by atoms with Gasteiger partial charge in [0.1, 0.15) is 5.82 Å². The normalized spacial score (nSPS) is 18.9. The molecule has 1 aromatic carbocycles. The second kappa shape index (κ2) is 5.57. The molecule has 1 aromatic rings. The van der Waals surface area contributed by atoms with Gasteiger partial charge in [0.2, 0.25) is 5.91 Å². The lowest BCUT2D eigenvalue weighted by Gasteiger charge is -2.24. The number of hydrogen-bond donors (Lipinski definition) is 1. The lowest BCUT2D eigenvalue weighted by molar-refractivity contribution is -0.139. The van der Waals surface area contributed by atoms with Crippen molar-refractivity contribution >= 4 is 23.5 Å². The Hall–Kier alpha value is -1.62. The number of aliphatic carboxylic acids is 1. The summed E-state index contributed by atoms with van der Waals surface area (Å²) in [5.74, 6) is -1.67. The molecule has 19 heavy (non-hydrogen) atoms. The van der Waals surface area contributed by atoms with Gasteiger partial charge in [-0.25, -0.2) is 4.39 Å². The minimum atomic E-state index is -0.962. The van der Waals surface area contributed by atoms with E-state index < -0.39 is 11.8 Å². The molecule has 1 unspecified atom stereocenters. The smallest absolute Gasteiger partial charge is 0.305 e. The number of nitrogens with zero attached hydrogens (tertiary/aromatic N) is 1. The quantitative estimate of drug-likeness (QED) is 0.924. The van der Waals surface area contributed by atoms with Crippen molar-refractivity contribution in [2.24, 2.45) is 0 Å². The highest BCUT2D eigenvalue weighted by Crippen LogP contribution is 2.26. The molecule has 1 amide bonds. The lowest BCUT2D eigenvalue weighted by atomic mass is 10.1. The van der Waals surface area contributed by atoms with Gasteiger partial charge in [-0.2, -0.15) is 0 Å². The molecule has 0 saturated carbocycles. The van der Waals surface area contributed by atoms with E-state index in [2.05, 4.69) is 0 Å². The van der Waals surface area contributed by atoms with E-state index in [1.165, 1.54) is 11.0 Å². The van der Waals surface area contributed by atoms with E-state index in [4.69, 9.17) is 16.7 Å². The Kier molecular flexibility index (Phi) is 4.04. The van der Waals surface area contributed by atoms with Gasteiger partial charge in [0.05, 0.1) is 11.4 Å². The van der Waals surface area contributed by atoms with Crippen LogP contribution in [-0.2, 0) is 16.1 Å². The van der Waals surface area contributed by atoms with Gasteiger partial charge in [0.15, 0.2) is 0 Å². The van der Waals surface area contributed by atoms with Crippen LogP contribution in [0.1, 0.15) is 24.8 Å². The Morgan fingerprint density at radius 3 is 2.95 bits per heavy atom. The summed E-state index contributed by atoms with van der Waals surface area (Å²) in [7, 11) is 0. The monoisotopic (exact) mass is 285 g/mol. The molecule has 0 spiro atoms. The highest BCUT2D eigenvalue weighted by atomic mass is 35.5. The number of carbonyl (C=O) groups excluding carboxylic acids is 1. The molecule has 1 aliphatic heterocycles. The molecule has 4 nitrogen and oxygen atoms in total. The number of rotatable bonds is 4. The number of carboxylic acids is 1. The van der Waals surface area contributed by atoms with Crippen LogP contribution < -0.4 is 0 Å². The minimum absolute atomic E-state index is 0.000990. The van der Waals surface area contributed by atoms with Crippen molar-refractivity contribution in [1.29, 1.82) is 0 Å². The molecule has 0 radical (unpaired) electrons. The summed E-state index contributed by atoms with van der Waals surface area (Å²) in [6, 6.07) is 4.21. The Bertz CT molecular complexity index is 521. The Morgan fingerprint density at radius 1 is 1.53 bits per heavy atom. The fraction of sp³-hybridized carbons (Fsp3) is 0.385. The number of likely N-dealkylation sites (tertiary alicyclic amines) is 1. The highest BCUT2D eigenvalue weighted by Gasteiger charge is 2.32. The first-order chi connectivity index (χ1) is 8.99. The van der Waals surface area contributed by atoms with Crippen LogP contribution in [0.5, 0.6) is 0 Å². The van der Waals surface area contributed by atoms with E-state index in [-0.39, 0.29) is 29.9 Å². The van der Waals surface area contributed by atoms with Gasteiger partial charge >= 0.3 is 5.97 Å². The van der Waals surface area contributed by atoms with Crippen LogP contribution in [0, 0.1) is 5.82 Å². The van der Waals surface area contributed by atoms with E-state index in [0.717, 1.165) is 0 Å². The summed E-state index contributed by atoms with van der Waals surface area (Å²) in [5.41, 5.74) is 0.304. The van der Waals surface area contributed by atoms with E-state index in [0.29, 0.717) is 18.4 Å². The van der Waals surface area contributed by atoms with Crippen LogP contribution in [0.25, 0.3) is 0 Å². The Balaban J connectivity index is 2.17. The summed E-state index contributed by atoms with van der Waals surface area (Å²) < 4.78 is 13.8. The minimum Gasteiger partial charge on any atom is -0.481 e. The SMILES string of the molecule is O=C(O)CC1CCC(=O)N1Cc1cccc(Cl)c1F. The zero-order valence-electron chi connectivity index (χ0n) is 10.1. The number of hydrogen-bond acceptors (Lipinski definition) is 2. The molecule has 0 aliphatic carbocycles. The maximum absolute atomic E-state index is 13.8. The molecule has 1 aliphatic rings. The highest BCUT2D eigenvalue weighted by molar-refractivity contribution is 6.30. The number of halogens is 2. The predicted molar refractivity (Wildman–Crippen MR) is 67.2 cm³/mol. The van der Waals surface area contributed by atoms with Gasteiger partial charge in [-0.05, 0) is 12.5 Å². The van der Waals surface area contributed by atoms with Crippen LogP contribution in [0.4, 0.5) is 4.39 Å². The van der Waals surface area contributed by atoms with E-state index in [1.807, 2.05) is 0 Å². The summed E-state index contributed by atoms with van der Waals surface area (Å²) in [6.45, 7) is 0.0587. The maximum atomic E-state index is 13.8. The topological polar surface area (TPSA) is 57.6 Å². The Labute approximate surface area is 114 Å². The lowest BCUT2D eigenvalue weighted by Crippen LogP contribution is -2.34. The van der Waals surface area contributed by atoms with Gasteiger partial charge in [-0.3, -0.25) is 9.59 Å². The van der Waals surface area contributed by atoms with Crippen molar-refractivity contribution in [3.8, 4) is 0 Å². The van der Waals surface area contributed by atoms with Crippen molar-refractivity contribution in [3.63, 3.8) is 0 Å². The first-order valence-electron chi connectivity index (χ1n) is 5.93. The predicted octanol–water partition coefficient (Wildman–Crippen LogP) is 2.44. The fourth-order valence-electron chi connectivity index (χ4n) is 2.28. The molecule has 2 rings (SSSR count). The number of carboxylic acid groups (broad SMARTS) is 1. The van der Waals surface area contributed by atoms with Crippen LogP contribution in [-0.4, -0.2) is 27.9 Å². The molecule has 0 bridgehead atoms. The number of benzene rings is 1. The van der Waals surface area contributed by atoms with Crippen LogP contribution in [0.3, 0.4) is 0 Å². The third kappa shape index (κ3) is 3.04. The first kappa shape index (κ1) is 13.8. The molecule has 6 heteroatoms. The van der Waals surface area contributed by atoms with E-state index >= 15 is 0 Å². The number of carbonyl (C=O) groups is 2. The van der Waals surface area contributed by atoms with Gasteiger partial charge in [0.25, 0.3) is 0 Å². The van der Waals surface area contributed by atoms with Crippen molar-refractivity contribution in [2.75, 3.05) is 0 Å². The first-order valence-corrected chi connectivity index (χ1v) is 6.31.